The fourth-order valence-electron chi connectivity index (χ4n) is 1.65. The van der Waals surface area contributed by atoms with Gasteiger partial charge in [-0.15, -0.1) is 0 Å². The fraction of sp³-hybridized carbons (Fsp3) is 0. The second-order valence-corrected chi connectivity index (χ2v) is 4.54. The molecule has 2 heterocycles. The van der Waals surface area contributed by atoms with E-state index < -0.39 is 0 Å². The number of pyridine rings is 1. The Labute approximate surface area is 105 Å². The van der Waals surface area contributed by atoms with Gasteiger partial charge in [-0.2, -0.15) is 0 Å². The van der Waals surface area contributed by atoms with Crippen molar-refractivity contribution in [1.29, 1.82) is 0 Å². The SMILES string of the molecule is Fc1cnc2nc(-c3cccc(Br)c3)[nH]c2c1. The van der Waals surface area contributed by atoms with Crippen LogP contribution in [0, 0.1) is 5.82 Å². The van der Waals surface area contributed by atoms with Gasteiger partial charge >= 0.3 is 0 Å². The number of nitrogens with zero attached hydrogens (tertiary/aromatic N) is 2. The van der Waals surface area contributed by atoms with Gasteiger partial charge in [0, 0.05) is 16.1 Å². The summed E-state index contributed by atoms with van der Waals surface area (Å²) in [4.78, 5) is 11.3. The Morgan fingerprint density at radius 3 is 2.94 bits per heavy atom. The van der Waals surface area contributed by atoms with Gasteiger partial charge in [-0.3, -0.25) is 0 Å². The number of hydrogen-bond acceptors (Lipinski definition) is 2. The largest absolute Gasteiger partial charge is 0.336 e. The fourth-order valence-corrected chi connectivity index (χ4v) is 2.05. The molecule has 1 N–H and O–H groups in total. The van der Waals surface area contributed by atoms with E-state index in [1.54, 1.807) is 0 Å². The van der Waals surface area contributed by atoms with E-state index in [0.717, 1.165) is 16.2 Å². The topological polar surface area (TPSA) is 41.6 Å². The van der Waals surface area contributed by atoms with Crippen molar-refractivity contribution in [2.24, 2.45) is 0 Å². The third-order valence-corrected chi connectivity index (χ3v) is 2.90. The summed E-state index contributed by atoms with van der Waals surface area (Å²) in [6.07, 6.45) is 1.16. The summed E-state index contributed by atoms with van der Waals surface area (Å²) < 4.78 is 14.0. The molecule has 0 aliphatic rings. The molecule has 0 bridgehead atoms. The van der Waals surface area contributed by atoms with Crippen molar-refractivity contribution in [2.75, 3.05) is 0 Å². The molecule has 0 unspecified atom stereocenters. The molecule has 2 aromatic heterocycles. The molecule has 3 rings (SSSR count). The van der Waals surface area contributed by atoms with Crippen LogP contribution in [0.4, 0.5) is 4.39 Å². The summed E-state index contributed by atoms with van der Waals surface area (Å²) in [5.74, 6) is 0.307. The van der Waals surface area contributed by atoms with Gasteiger partial charge in [-0.25, -0.2) is 14.4 Å². The van der Waals surface area contributed by atoms with Crippen molar-refractivity contribution < 1.29 is 4.39 Å². The van der Waals surface area contributed by atoms with Gasteiger partial charge in [0.2, 0.25) is 0 Å². The smallest absolute Gasteiger partial charge is 0.178 e. The molecule has 0 saturated carbocycles. The average Bonchev–Trinajstić information content (AvgIpc) is 2.72. The first-order valence-electron chi connectivity index (χ1n) is 4.99. The highest BCUT2D eigenvalue weighted by Gasteiger charge is 2.07. The van der Waals surface area contributed by atoms with Crippen LogP contribution < -0.4 is 0 Å². The highest BCUT2D eigenvalue weighted by atomic mass is 79.9. The molecule has 0 aliphatic heterocycles. The second-order valence-electron chi connectivity index (χ2n) is 3.62. The van der Waals surface area contributed by atoms with E-state index in [1.807, 2.05) is 24.3 Å². The number of rotatable bonds is 1. The monoisotopic (exact) mass is 291 g/mol. The molecular weight excluding hydrogens is 285 g/mol. The number of fused-ring (bicyclic) bond motifs is 1. The minimum absolute atomic E-state index is 0.373. The Morgan fingerprint density at radius 1 is 1.24 bits per heavy atom. The van der Waals surface area contributed by atoms with Crippen LogP contribution in [0.3, 0.4) is 0 Å². The lowest BCUT2D eigenvalue weighted by molar-refractivity contribution is 0.624. The quantitative estimate of drug-likeness (QED) is 0.745. The number of aromatic amines is 1. The van der Waals surface area contributed by atoms with Crippen LogP contribution in [0.1, 0.15) is 0 Å². The second kappa shape index (κ2) is 3.92. The summed E-state index contributed by atoms with van der Waals surface area (Å²) in [5.41, 5.74) is 2.04. The van der Waals surface area contributed by atoms with Crippen LogP contribution in [-0.2, 0) is 0 Å². The number of benzene rings is 1. The molecule has 5 heteroatoms. The van der Waals surface area contributed by atoms with E-state index in [-0.39, 0.29) is 5.82 Å². The number of nitrogens with one attached hydrogen (secondary N) is 1. The van der Waals surface area contributed by atoms with E-state index in [4.69, 9.17) is 0 Å². The summed E-state index contributed by atoms with van der Waals surface area (Å²) >= 11 is 3.40. The Balaban J connectivity index is 2.18. The van der Waals surface area contributed by atoms with Crippen molar-refractivity contribution in [1.82, 2.24) is 15.0 Å². The average molecular weight is 292 g/mol. The lowest BCUT2D eigenvalue weighted by Crippen LogP contribution is -1.79. The maximum atomic E-state index is 13.0. The van der Waals surface area contributed by atoms with E-state index in [2.05, 4.69) is 30.9 Å². The van der Waals surface area contributed by atoms with Crippen molar-refractivity contribution in [3.8, 4) is 11.4 Å². The zero-order valence-corrected chi connectivity index (χ0v) is 10.2. The van der Waals surface area contributed by atoms with E-state index in [1.165, 1.54) is 6.07 Å². The van der Waals surface area contributed by atoms with Crippen molar-refractivity contribution >= 4 is 27.1 Å². The summed E-state index contributed by atoms with van der Waals surface area (Å²) in [6, 6.07) is 9.11. The number of aromatic nitrogens is 3. The molecule has 0 amide bonds. The molecule has 0 aliphatic carbocycles. The van der Waals surface area contributed by atoms with Gasteiger partial charge in [-0.1, -0.05) is 28.1 Å². The van der Waals surface area contributed by atoms with Gasteiger partial charge in [0.1, 0.15) is 11.6 Å². The van der Waals surface area contributed by atoms with Crippen LogP contribution in [0.5, 0.6) is 0 Å². The zero-order valence-electron chi connectivity index (χ0n) is 8.61. The molecule has 17 heavy (non-hydrogen) atoms. The first kappa shape index (κ1) is 10.4. The molecule has 0 fully saturated rings. The van der Waals surface area contributed by atoms with Crippen LogP contribution in [0.2, 0.25) is 0 Å². The lowest BCUT2D eigenvalue weighted by Gasteiger charge is -1.96. The van der Waals surface area contributed by atoms with Crippen LogP contribution in [-0.4, -0.2) is 15.0 Å². The Morgan fingerprint density at radius 2 is 2.12 bits per heavy atom. The maximum Gasteiger partial charge on any atom is 0.178 e. The third-order valence-electron chi connectivity index (χ3n) is 2.40. The Hall–Kier alpha value is -1.75. The predicted octanol–water partition coefficient (Wildman–Crippen LogP) is 3.53. The first-order valence-corrected chi connectivity index (χ1v) is 5.79. The van der Waals surface area contributed by atoms with Gasteiger partial charge in [0.15, 0.2) is 5.65 Å². The minimum Gasteiger partial charge on any atom is -0.336 e. The molecule has 1 aromatic carbocycles. The molecule has 0 atom stereocenters. The number of H-pyrrole nitrogens is 1. The Bertz CT molecular complexity index is 693. The number of hydrogen-bond donors (Lipinski definition) is 1. The maximum absolute atomic E-state index is 13.0. The zero-order chi connectivity index (χ0) is 11.8. The molecule has 84 valence electrons. The predicted molar refractivity (Wildman–Crippen MR) is 67.0 cm³/mol. The normalized spacial score (nSPS) is 10.9. The standard InChI is InChI=1S/C12H7BrFN3/c13-8-3-1-2-7(4-8)11-16-10-5-9(14)6-15-12(10)17-11/h1-6H,(H,15,16,17). The first-order chi connectivity index (χ1) is 8.22. The molecule has 0 spiro atoms. The summed E-state index contributed by atoms with van der Waals surface area (Å²) in [7, 11) is 0. The van der Waals surface area contributed by atoms with Gasteiger partial charge in [-0.05, 0) is 12.1 Å². The van der Waals surface area contributed by atoms with Crippen LogP contribution in [0.15, 0.2) is 41.0 Å². The highest BCUT2D eigenvalue weighted by molar-refractivity contribution is 9.10. The van der Waals surface area contributed by atoms with Crippen LogP contribution in [0.25, 0.3) is 22.6 Å². The van der Waals surface area contributed by atoms with Crippen molar-refractivity contribution in [3.63, 3.8) is 0 Å². The lowest BCUT2D eigenvalue weighted by atomic mass is 10.2. The molecule has 0 saturated heterocycles. The highest BCUT2D eigenvalue weighted by Crippen LogP contribution is 2.22. The molecular formula is C12H7BrFN3. The summed E-state index contributed by atoms with van der Waals surface area (Å²) in [6.45, 7) is 0. The van der Waals surface area contributed by atoms with Gasteiger partial charge in [0.25, 0.3) is 0 Å². The summed E-state index contributed by atoms with van der Waals surface area (Å²) in [5, 5.41) is 0. The van der Waals surface area contributed by atoms with Crippen molar-refractivity contribution in [2.45, 2.75) is 0 Å². The van der Waals surface area contributed by atoms with E-state index >= 15 is 0 Å². The third kappa shape index (κ3) is 1.93. The van der Waals surface area contributed by atoms with Crippen LogP contribution >= 0.6 is 15.9 Å². The van der Waals surface area contributed by atoms with Gasteiger partial charge < -0.3 is 4.98 Å². The van der Waals surface area contributed by atoms with Gasteiger partial charge in [0.05, 0.1) is 11.7 Å². The molecule has 3 aromatic rings. The van der Waals surface area contributed by atoms with E-state index in [0.29, 0.717) is 17.0 Å². The number of imidazole rings is 1. The van der Waals surface area contributed by atoms with E-state index in [9.17, 15) is 4.39 Å². The Kier molecular flexibility index (Phi) is 2.40. The van der Waals surface area contributed by atoms with Crippen molar-refractivity contribution in [3.05, 3.63) is 46.8 Å². The molecule has 0 radical (unpaired) electrons. The minimum atomic E-state index is -0.373. The molecule has 3 nitrogen and oxygen atoms in total. The number of halogens is 2.